The molecule has 0 bridgehead atoms. The molecular formula is C24H18F3N5O3. The number of imide groups is 1. The number of hydrogen-bond acceptors (Lipinski definition) is 5. The number of carbonyl (C=O) groups excluding carboxylic acids is 2. The lowest BCUT2D eigenvalue weighted by atomic mass is 10.1. The van der Waals surface area contributed by atoms with E-state index in [1.165, 1.54) is 24.4 Å². The molecule has 2 aromatic heterocycles. The van der Waals surface area contributed by atoms with Crippen molar-refractivity contribution in [1.29, 1.82) is 0 Å². The molecule has 35 heavy (non-hydrogen) atoms. The van der Waals surface area contributed by atoms with Crippen molar-refractivity contribution in [2.24, 2.45) is 7.05 Å². The van der Waals surface area contributed by atoms with Gasteiger partial charge >= 0.3 is 6.03 Å². The lowest BCUT2D eigenvalue weighted by Gasteiger charge is -2.14. The van der Waals surface area contributed by atoms with Gasteiger partial charge in [-0.15, -0.1) is 5.12 Å². The largest absolute Gasteiger partial charge is 0.454 e. The van der Waals surface area contributed by atoms with Gasteiger partial charge in [-0.05, 0) is 35.9 Å². The molecule has 178 valence electrons. The van der Waals surface area contributed by atoms with E-state index in [-0.39, 0.29) is 17.9 Å². The van der Waals surface area contributed by atoms with Crippen molar-refractivity contribution in [1.82, 2.24) is 20.1 Å². The quantitative estimate of drug-likeness (QED) is 0.403. The Bertz CT molecular complexity index is 1380. The highest BCUT2D eigenvalue weighted by molar-refractivity contribution is 6.01. The Balaban J connectivity index is 1.40. The number of halogens is 3. The van der Waals surface area contributed by atoms with Gasteiger partial charge in [-0.1, -0.05) is 16.6 Å². The molecule has 0 atom stereocenters. The lowest BCUT2D eigenvalue weighted by Crippen LogP contribution is -2.39. The van der Waals surface area contributed by atoms with Crippen molar-refractivity contribution in [3.63, 3.8) is 0 Å². The van der Waals surface area contributed by atoms with Crippen LogP contribution in [0.4, 0.5) is 23.7 Å². The Morgan fingerprint density at radius 3 is 2.54 bits per heavy atom. The number of ether oxygens (including phenoxy) is 1. The Morgan fingerprint density at radius 2 is 1.86 bits per heavy atom. The first-order valence-electron chi connectivity index (χ1n) is 10.2. The van der Waals surface area contributed by atoms with Crippen molar-refractivity contribution >= 4 is 17.6 Å². The van der Waals surface area contributed by atoms with E-state index in [4.69, 9.17) is 4.74 Å². The number of anilines is 1. The second kappa shape index (κ2) is 10.1. The minimum Gasteiger partial charge on any atom is -0.454 e. The van der Waals surface area contributed by atoms with Crippen LogP contribution in [0.15, 0.2) is 73.2 Å². The molecule has 4 rings (SSSR count). The fourth-order valence-corrected chi connectivity index (χ4v) is 3.13. The number of hydrogen-bond donors (Lipinski definition) is 1. The van der Waals surface area contributed by atoms with Gasteiger partial charge in [0.2, 0.25) is 5.91 Å². The van der Waals surface area contributed by atoms with Crippen LogP contribution >= 0.6 is 0 Å². The second-order valence-corrected chi connectivity index (χ2v) is 7.43. The summed E-state index contributed by atoms with van der Waals surface area (Å²) in [5.41, 5.74) is 1.27. The normalized spacial score (nSPS) is 10.6. The van der Waals surface area contributed by atoms with Crippen LogP contribution in [-0.4, -0.2) is 26.7 Å². The summed E-state index contributed by atoms with van der Waals surface area (Å²) in [6.45, 7) is 0. The number of nitrogens with zero attached hydrogens (tertiary/aromatic N) is 4. The molecule has 11 heteroatoms. The van der Waals surface area contributed by atoms with Gasteiger partial charge in [-0.25, -0.2) is 13.6 Å². The monoisotopic (exact) mass is 481 g/mol. The standard InChI is InChI=1S/C24H18F3N5O3/c1-31-14-16(13-29-31)21-12-19(8-9-28-21)35-22-7-6-18(11-20(22)26)32(27)24(34)30-23(33)10-15-2-4-17(25)5-3-15/h2-9,11-14H,10H2,1H3,(H,30,33,34). The van der Waals surface area contributed by atoms with E-state index in [0.717, 1.165) is 35.9 Å². The first-order valence-corrected chi connectivity index (χ1v) is 10.2. The summed E-state index contributed by atoms with van der Waals surface area (Å²) < 4.78 is 49.2. The third-order valence-electron chi connectivity index (χ3n) is 4.80. The predicted molar refractivity (Wildman–Crippen MR) is 120 cm³/mol. The number of urea groups is 1. The topological polar surface area (TPSA) is 89.4 Å². The molecule has 0 saturated heterocycles. The number of benzene rings is 2. The zero-order chi connectivity index (χ0) is 24.9. The molecule has 4 aromatic rings. The number of aromatic nitrogens is 3. The summed E-state index contributed by atoms with van der Waals surface area (Å²) in [5, 5.41) is 5.52. The predicted octanol–water partition coefficient (Wildman–Crippen LogP) is 4.72. The maximum atomic E-state index is 14.6. The first kappa shape index (κ1) is 23.5. The summed E-state index contributed by atoms with van der Waals surface area (Å²) in [7, 11) is 1.76. The fourth-order valence-electron chi connectivity index (χ4n) is 3.13. The van der Waals surface area contributed by atoms with E-state index < -0.39 is 34.4 Å². The number of nitrogens with one attached hydrogen (secondary N) is 1. The summed E-state index contributed by atoms with van der Waals surface area (Å²) in [5.74, 6) is -2.15. The Hall–Kier alpha value is -4.67. The molecule has 2 aromatic carbocycles. The molecule has 2 heterocycles. The first-order chi connectivity index (χ1) is 16.8. The third kappa shape index (κ3) is 5.82. The van der Waals surface area contributed by atoms with E-state index in [1.807, 2.05) is 5.32 Å². The second-order valence-electron chi connectivity index (χ2n) is 7.43. The average Bonchev–Trinajstić information content (AvgIpc) is 3.28. The summed E-state index contributed by atoms with van der Waals surface area (Å²) in [4.78, 5) is 28.3. The van der Waals surface area contributed by atoms with Gasteiger partial charge in [0.05, 0.1) is 24.0 Å². The maximum Gasteiger partial charge on any atom is 0.356 e. The van der Waals surface area contributed by atoms with E-state index >= 15 is 0 Å². The molecule has 3 amide bonds. The molecule has 1 N–H and O–H groups in total. The highest BCUT2D eigenvalue weighted by atomic mass is 19.2. The lowest BCUT2D eigenvalue weighted by molar-refractivity contribution is -0.119. The summed E-state index contributed by atoms with van der Waals surface area (Å²) in [6, 6.07) is 9.77. The molecule has 0 aliphatic carbocycles. The van der Waals surface area contributed by atoms with Crippen molar-refractivity contribution in [2.75, 3.05) is 5.12 Å². The number of amides is 3. The van der Waals surface area contributed by atoms with Crippen LogP contribution in [0, 0.1) is 11.6 Å². The number of rotatable bonds is 6. The maximum absolute atomic E-state index is 14.6. The van der Waals surface area contributed by atoms with Gasteiger partial charge in [0.25, 0.3) is 0 Å². The van der Waals surface area contributed by atoms with Crippen molar-refractivity contribution in [3.05, 3.63) is 90.4 Å². The molecule has 0 aliphatic heterocycles. The molecule has 0 saturated carbocycles. The van der Waals surface area contributed by atoms with Crippen molar-refractivity contribution in [2.45, 2.75) is 6.42 Å². The zero-order valence-corrected chi connectivity index (χ0v) is 18.3. The van der Waals surface area contributed by atoms with Crippen LogP contribution in [0.1, 0.15) is 5.56 Å². The molecule has 0 spiro atoms. The number of aryl methyl sites for hydroxylation is 1. The molecule has 0 fully saturated rings. The van der Waals surface area contributed by atoms with E-state index in [0.29, 0.717) is 11.3 Å². The van der Waals surface area contributed by atoms with Crippen LogP contribution in [0.3, 0.4) is 0 Å². The number of carbonyl (C=O) groups is 2. The van der Waals surface area contributed by atoms with Gasteiger partial charge in [0.1, 0.15) is 11.6 Å². The van der Waals surface area contributed by atoms with Gasteiger partial charge in [0.15, 0.2) is 11.6 Å². The minimum atomic E-state index is -1.40. The van der Waals surface area contributed by atoms with Crippen molar-refractivity contribution in [3.8, 4) is 22.8 Å². The Kier molecular flexibility index (Phi) is 6.76. The highest BCUT2D eigenvalue weighted by Crippen LogP contribution is 2.30. The fraction of sp³-hybridized carbons (Fsp3) is 0.0833. The molecule has 0 unspecified atom stereocenters. The molecule has 8 nitrogen and oxygen atoms in total. The highest BCUT2D eigenvalue weighted by Gasteiger charge is 2.20. The average molecular weight is 481 g/mol. The molecule has 0 radical (unpaired) electrons. The Morgan fingerprint density at radius 1 is 1.09 bits per heavy atom. The number of pyridine rings is 1. The van der Waals surface area contributed by atoms with Crippen LogP contribution in [-0.2, 0) is 18.3 Å². The van der Waals surface area contributed by atoms with Crippen LogP contribution in [0.25, 0.3) is 11.3 Å². The SMILES string of the molecule is Cn1cc(-c2cc(Oc3ccc(N(F)C(=O)NC(=O)Cc4ccc(F)cc4)cc3F)ccn2)cn1. The minimum absolute atomic E-state index is 0.210. The summed E-state index contributed by atoms with van der Waals surface area (Å²) in [6.07, 6.45) is 4.59. The van der Waals surface area contributed by atoms with Crippen molar-refractivity contribution < 1.29 is 27.6 Å². The van der Waals surface area contributed by atoms with E-state index in [9.17, 15) is 22.9 Å². The van der Waals surface area contributed by atoms with Crippen LogP contribution < -0.4 is 15.2 Å². The van der Waals surface area contributed by atoms with Gasteiger partial charge in [0, 0.05) is 37.1 Å². The third-order valence-corrected chi connectivity index (χ3v) is 4.80. The van der Waals surface area contributed by atoms with E-state index in [2.05, 4.69) is 10.1 Å². The summed E-state index contributed by atoms with van der Waals surface area (Å²) >= 11 is 0. The van der Waals surface area contributed by atoms with Crippen LogP contribution in [0.2, 0.25) is 0 Å². The van der Waals surface area contributed by atoms with Gasteiger partial charge < -0.3 is 4.74 Å². The van der Waals surface area contributed by atoms with Gasteiger partial charge in [-0.2, -0.15) is 5.10 Å². The molecular weight excluding hydrogens is 463 g/mol. The molecule has 0 aliphatic rings. The zero-order valence-electron chi connectivity index (χ0n) is 18.3. The van der Waals surface area contributed by atoms with Gasteiger partial charge in [-0.3, -0.25) is 19.8 Å². The van der Waals surface area contributed by atoms with Crippen LogP contribution in [0.5, 0.6) is 11.5 Å². The Labute approximate surface area is 197 Å². The smallest absolute Gasteiger partial charge is 0.356 e. The van der Waals surface area contributed by atoms with E-state index in [1.54, 1.807) is 30.2 Å².